The summed E-state index contributed by atoms with van der Waals surface area (Å²) in [6, 6.07) is 14.0. The minimum atomic E-state index is -3.80. The van der Waals surface area contributed by atoms with Crippen molar-refractivity contribution in [3.05, 3.63) is 64.0 Å². The van der Waals surface area contributed by atoms with Crippen LogP contribution < -0.4 is 5.32 Å². The zero-order valence-corrected chi connectivity index (χ0v) is 18.3. The fourth-order valence-electron chi connectivity index (χ4n) is 2.29. The average Bonchev–Trinajstić information content (AvgIpc) is 3.04. The summed E-state index contributed by atoms with van der Waals surface area (Å²) in [5.41, 5.74) is 2.77. The molecule has 0 fully saturated rings. The molecule has 146 valence electrons. The largest absolute Gasteiger partial charge is 0.325 e. The van der Waals surface area contributed by atoms with Crippen molar-refractivity contribution in [1.29, 1.82) is 0 Å². The predicted octanol–water partition coefficient (Wildman–Crippen LogP) is 4.98. The normalized spacial score (nSPS) is 11.4. The maximum absolute atomic E-state index is 12.8. The Morgan fingerprint density at radius 3 is 2.25 bits per heavy atom. The van der Waals surface area contributed by atoms with Gasteiger partial charge in [-0.2, -0.15) is 0 Å². The lowest BCUT2D eigenvalue weighted by atomic mass is 10.2. The molecular formula is C19H17ClN2O3S3. The first-order valence-electron chi connectivity index (χ1n) is 8.23. The first kappa shape index (κ1) is 20.9. The molecule has 2 aromatic carbocycles. The number of thioether (sulfide) groups is 1. The first-order valence-corrected chi connectivity index (χ1v) is 11.9. The van der Waals surface area contributed by atoms with Crippen LogP contribution in [-0.4, -0.2) is 25.1 Å². The number of amides is 1. The molecule has 0 spiro atoms. The molecule has 28 heavy (non-hydrogen) atoms. The van der Waals surface area contributed by atoms with Crippen molar-refractivity contribution < 1.29 is 13.2 Å². The molecule has 1 aromatic heterocycles. The molecule has 0 aliphatic heterocycles. The molecule has 0 aliphatic carbocycles. The lowest BCUT2D eigenvalue weighted by molar-refractivity contribution is -0.113. The molecule has 0 saturated carbocycles. The third-order valence-electron chi connectivity index (χ3n) is 3.79. The monoisotopic (exact) mass is 452 g/mol. The van der Waals surface area contributed by atoms with Crippen molar-refractivity contribution in [3.8, 4) is 0 Å². The Balaban J connectivity index is 1.69. The van der Waals surface area contributed by atoms with Crippen LogP contribution in [0.1, 0.15) is 11.1 Å². The lowest BCUT2D eigenvalue weighted by Gasteiger charge is -2.04. The Kier molecular flexibility index (Phi) is 6.44. The summed E-state index contributed by atoms with van der Waals surface area (Å²) in [6.45, 7) is 3.85. The van der Waals surface area contributed by atoms with Gasteiger partial charge in [0.25, 0.3) is 0 Å². The van der Waals surface area contributed by atoms with Crippen LogP contribution in [0.2, 0.25) is 4.34 Å². The summed E-state index contributed by atoms with van der Waals surface area (Å²) in [7, 11) is -3.80. The van der Waals surface area contributed by atoms with Gasteiger partial charge in [0.05, 0.1) is 10.6 Å². The van der Waals surface area contributed by atoms with Crippen molar-refractivity contribution in [1.82, 2.24) is 4.98 Å². The van der Waals surface area contributed by atoms with E-state index in [1.807, 2.05) is 38.1 Å². The number of benzene rings is 2. The number of rotatable bonds is 6. The number of thiazole rings is 1. The summed E-state index contributed by atoms with van der Waals surface area (Å²) < 4.78 is 26.0. The Morgan fingerprint density at radius 1 is 1.07 bits per heavy atom. The van der Waals surface area contributed by atoms with Gasteiger partial charge in [-0.3, -0.25) is 4.79 Å². The summed E-state index contributed by atoms with van der Waals surface area (Å²) in [5.74, 6) is -0.107. The highest BCUT2D eigenvalue weighted by Gasteiger charge is 2.26. The van der Waals surface area contributed by atoms with E-state index in [-0.39, 0.29) is 25.9 Å². The molecular weight excluding hydrogens is 436 g/mol. The highest BCUT2D eigenvalue weighted by atomic mass is 35.5. The quantitative estimate of drug-likeness (QED) is 0.534. The second-order valence-electron chi connectivity index (χ2n) is 6.08. The smallest absolute Gasteiger partial charge is 0.234 e. The number of aromatic nitrogens is 1. The molecule has 1 N–H and O–H groups in total. The van der Waals surface area contributed by atoms with E-state index in [0.717, 1.165) is 34.2 Å². The van der Waals surface area contributed by atoms with Gasteiger partial charge in [-0.25, -0.2) is 13.4 Å². The molecule has 0 aliphatic rings. The van der Waals surface area contributed by atoms with Crippen molar-refractivity contribution >= 4 is 56.1 Å². The Hall–Kier alpha value is -1.87. The number of nitrogens with one attached hydrogen (secondary N) is 1. The lowest BCUT2D eigenvalue weighted by Crippen LogP contribution is -2.13. The third-order valence-corrected chi connectivity index (χ3v) is 8.12. The topological polar surface area (TPSA) is 76.1 Å². The molecule has 0 radical (unpaired) electrons. The molecule has 1 heterocycles. The third kappa shape index (κ3) is 4.94. The number of halogens is 1. The van der Waals surface area contributed by atoms with E-state index in [1.54, 1.807) is 12.1 Å². The minimum Gasteiger partial charge on any atom is -0.325 e. The van der Waals surface area contributed by atoms with Gasteiger partial charge in [0.2, 0.25) is 15.7 Å². The first-order chi connectivity index (χ1) is 13.3. The number of hydrogen-bond donors (Lipinski definition) is 1. The summed E-state index contributed by atoms with van der Waals surface area (Å²) >= 11 is 8.33. The highest BCUT2D eigenvalue weighted by Crippen LogP contribution is 2.36. The van der Waals surface area contributed by atoms with Crippen LogP contribution in [0.5, 0.6) is 0 Å². The molecule has 5 nitrogen and oxygen atoms in total. The Labute approximate surface area is 177 Å². The second-order valence-corrected chi connectivity index (χ2v) is 10.8. The number of hydrogen-bond acceptors (Lipinski definition) is 6. The standard InChI is InChI=1S/C19H17ClN2O3S3/c1-12-3-7-14(8-4-12)21-16(23)11-26-19-22-18(17(20)27-19)28(24,25)15-9-5-13(2)6-10-15/h3-10H,11H2,1-2H3,(H,21,23). The summed E-state index contributed by atoms with van der Waals surface area (Å²) in [6.07, 6.45) is 0. The number of carbonyl (C=O) groups is 1. The maximum Gasteiger partial charge on any atom is 0.234 e. The molecule has 3 aromatic rings. The van der Waals surface area contributed by atoms with Crippen LogP contribution in [0.4, 0.5) is 5.69 Å². The van der Waals surface area contributed by atoms with Gasteiger partial charge in [-0.05, 0) is 38.1 Å². The molecule has 0 unspecified atom stereocenters. The number of anilines is 1. The van der Waals surface area contributed by atoms with Crippen LogP contribution in [0.15, 0.2) is 62.8 Å². The fraction of sp³-hybridized carbons (Fsp3) is 0.158. The Morgan fingerprint density at radius 2 is 1.64 bits per heavy atom. The molecule has 0 saturated heterocycles. The summed E-state index contributed by atoms with van der Waals surface area (Å²) in [4.78, 5) is 16.4. The van der Waals surface area contributed by atoms with Gasteiger partial charge >= 0.3 is 0 Å². The Bertz CT molecular complexity index is 1090. The van der Waals surface area contributed by atoms with E-state index >= 15 is 0 Å². The van der Waals surface area contributed by atoms with Gasteiger partial charge in [0.15, 0.2) is 9.37 Å². The van der Waals surface area contributed by atoms with Crippen LogP contribution in [-0.2, 0) is 14.6 Å². The van der Waals surface area contributed by atoms with E-state index in [9.17, 15) is 13.2 Å². The molecule has 0 atom stereocenters. The SMILES string of the molecule is Cc1ccc(NC(=O)CSc2nc(S(=O)(=O)c3ccc(C)cc3)c(Cl)s2)cc1. The van der Waals surface area contributed by atoms with Crippen molar-refractivity contribution in [2.45, 2.75) is 28.1 Å². The van der Waals surface area contributed by atoms with Gasteiger partial charge < -0.3 is 5.32 Å². The van der Waals surface area contributed by atoms with Gasteiger partial charge in [0, 0.05) is 5.69 Å². The van der Waals surface area contributed by atoms with E-state index in [0.29, 0.717) is 10.0 Å². The van der Waals surface area contributed by atoms with E-state index < -0.39 is 9.84 Å². The van der Waals surface area contributed by atoms with Crippen molar-refractivity contribution in [3.63, 3.8) is 0 Å². The molecule has 9 heteroatoms. The summed E-state index contributed by atoms with van der Waals surface area (Å²) in [5, 5.41) is 2.61. The van der Waals surface area contributed by atoms with Crippen molar-refractivity contribution in [2.75, 3.05) is 11.1 Å². The second kappa shape index (κ2) is 8.65. The van der Waals surface area contributed by atoms with Crippen LogP contribution in [0, 0.1) is 13.8 Å². The zero-order valence-electron chi connectivity index (χ0n) is 15.1. The molecule has 1 amide bonds. The van der Waals surface area contributed by atoms with E-state index in [4.69, 9.17) is 11.6 Å². The van der Waals surface area contributed by atoms with E-state index in [1.165, 1.54) is 12.1 Å². The molecule has 3 rings (SSSR count). The highest BCUT2D eigenvalue weighted by molar-refractivity contribution is 8.01. The number of sulfone groups is 1. The van der Waals surface area contributed by atoms with E-state index in [2.05, 4.69) is 10.3 Å². The van der Waals surface area contributed by atoms with Crippen LogP contribution >= 0.6 is 34.7 Å². The van der Waals surface area contributed by atoms with Gasteiger partial charge in [0.1, 0.15) is 4.34 Å². The predicted molar refractivity (Wildman–Crippen MR) is 114 cm³/mol. The van der Waals surface area contributed by atoms with Gasteiger partial charge in [-0.15, -0.1) is 0 Å². The van der Waals surface area contributed by atoms with Gasteiger partial charge in [-0.1, -0.05) is 70.1 Å². The minimum absolute atomic E-state index is 0.0852. The molecule has 0 bridgehead atoms. The zero-order chi connectivity index (χ0) is 20.3. The number of carbonyl (C=O) groups excluding carboxylic acids is 1. The number of aryl methyl sites for hydroxylation is 2. The van der Waals surface area contributed by atoms with Crippen LogP contribution in [0.25, 0.3) is 0 Å². The fourth-order valence-corrected chi connectivity index (χ4v) is 6.27. The van der Waals surface area contributed by atoms with Crippen molar-refractivity contribution in [2.24, 2.45) is 0 Å². The maximum atomic E-state index is 12.8. The van der Waals surface area contributed by atoms with Crippen LogP contribution in [0.3, 0.4) is 0 Å². The average molecular weight is 453 g/mol. The number of nitrogens with zero attached hydrogens (tertiary/aromatic N) is 1.